The molecule has 0 saturated carbocycles. The van der Waals surface area contributed by atoms with E-state index in [9.17, 15) is 9.59 Å². The minimum absolute atomic E-state index is 0.0117. The van der Waals surface area contributed by atoms with Crippen molar-refractivity contribution in [1.82, 2.24) is 9.80 Å². The summed E-state index contributed by atoms with van der Waals surface area (Å²) in [5, 5.41) is 8.77. The Kier molecular flexibility index (Phi) is 3.72. The van der Waals surface area contributed by atoms with Gasteiger partial charge in [0.05, 0.1) is 18.8 Å². The number of amides is 2. The number of morpholine rings is 1. The summed E-state index contributed by atoms with van der Waals surface area (Å²) in [5.74, 6) is 1.25. The summed E-state index contributed by atoms with van der Waals surface area (Å²) in [6.45, 7) is 0.694. The van der Waals surface area contributed by atoms with Gasteiger partial charge in [0.25, 0.3) is 0 Å². The summed E-state index contributed by atoms with van der Waals surface area (Å²) >= 11 is 0. The molecule has 6 nitrogen and oxygen atoms in total. The van der Waals surface area contributed by atoms with Crippen molar-refractivity contribution in [3.8, 4) is 12.3 Å². The van der Waals surface area contributed by atoms with Gasteiger partial charge < -0.3 is 19.6 Å². The van der Waals surface area contributed by atoms with Crippen molar-refractivity contribution in [1.29, 1.82) is 0 Å². The van der Waals surface area contributed by atoms with Gasteiger partial charge in [0, 0.05) is 13.1 Å². The normalized spacial score (nSPS) is 25.6. The van der Waals surface area contributed by atoms with Gasteiger partial charge in [-0.25, -0.2) is 4.79 Å². The molecule has 0 aromatic carbocycles. The average Bonchev–Trinajstić information content (AvgIpc) is 2.66. The van der Waals surface area contributed by atoms with E-state index in [1.54, 1.807) is 4.90 Å². The second-order valence-corrected chi connectivity index (χ2v) is 4.60. The van der Waals surface area contributed by atoms with Crippen molar-refractivity contribution in [3.63, 3.8) is 0 Å². The highest BCUT2D eigenvalue weighted by atomic mass is 16.5. The molecule has 1 N–H and O–H groups in total. The van der Waals surface area contributed by atoms with Crippen molar-refractivity contribution in [3.05, 3.63) is 0 Å². The first-order valence-corrected chi connectivity index (χ1v) is 5.94. The molecule has 0 aromatic heterocycles. The van der Waals surface area contributed by atoms with Crippen LogP contribution in [0, 0.1) is 12.3 Å². The third kappa shape index (κ3) is 2.74. The number of ether oxygens (including phenoxy) is 1. The molecule has 2 unspecified atom stereocenters. The van der Waals surface area contributed by atoms with Crippen molar-refractivity contribution in [2.24, 2.45) is 0 Å². The van der Waals surface area contributed by atoms with Gasteiger partial charge in [0.1, 0.15) is 6.54 Å². The first-order chi connectivity index (χ1) is 8.60. The van der Waals surface area contributed by atoms with Gasteiger partial charge in [0.2, 0.25) is 0 Å². The lowest BCUT2D eigenvalue weighted by Gasteiger charge is -2.35. The van der Waals surface area contributed by atoms with Gasteiger partial charge in [-0.3, -0.25) is 4.79 Å². The lowest BCUT2D eigenvalue weighted by atomic mass is 10.2. The van der Waals surface area contributed by atoms with Crippen LogP contribution in [0.1, 0.15) is 12.8 Å². The molecule has 18 heavy (non-hydrogen) atoms. The lowest BCUT2D eigenvalue weighted by Crippen LogP contribution is -2.52. The Labute approximate surface area is 105 Å². The van der Waals surface area contributed by atoms with Crippen molar-refractivity contribution >= 4 is 12.0 Å². The van der Waals surface area contributed by atoms with E-state index in [4.69, 9.17) is 16.3 Å². The SMILES string of the molecule is C#CCN(CC(=O)O)C(=O)N1CC2CCC(C1)O2. The third-order valence-corrected chi connectivity index (χ3v) is 3.19. The van der Waals surface area contributed by atoms with Gasteiger partial charge >= 0.3 is 12.0 Å². The summed E-state index contributed by atoms with van der Waals surface area (Å²) in [4.78, 5) is 25.7. The monoisotopic (exact) mass is 252 g/mol. The van der Waals surface area contributed by atoms with Crippen molar-refractivity contribution in [2.75, 3.05) is 26.2 Å². The third-order valence-electron chi connectivity index (χ3n) is 3.19. The van der Waals surface area contributed by atoms with E-state index in [0.717, 1.165) is 12.8 Å². The lowest BCUT2D eigenvalue weighted by molar-refractivity contribution is -0.137. The first-order valence-electron chi connectivity index (χ1n) is 5.94. The van der Waals surface area contributed by atoms with Crippen LogP contribution in [-0.2, 0) is 9.53 Å². The van der Waals surface area contributed by atoms with Gasteiger partial charge in [-0.15, -0.1) is 6.42 Å². The summed E-state index contributed by atoms with van der Waals surface area (Å²) in [6, 6.07) is -0.310. The first kappa shape index (κ1) is 12.7. The highest BCUT2D eigenvalue weighted by Crippen LogP contribution is 2.26. The van der Waals surface area contributed by atoms with Crippen LogP contribution < -0.4 is 0 Å². The highest BCUT2D eigenvalue weighted by molar-refractivity contribution is 5.80. The predicted octanol–water partition coefficient (Wildman–Crippen LogP) is -0.0106. The molecule has 2 atom stereocenters. The number of fused-ring (bicyclic) bond motifs is 2. The number of likely N-dealkylation sites (tertiary alicyclic amines) is 1. The van der Waals surface area contributed by atoms with Gasteiger partial charge in [-0.05, 0) is 12.8 Å². The summed E-state index contributed by atoms with van der Waals surface area (Å²) in [7, 11) is 0. The van der Waals surface area contributed by atoms with Crippen LogP contribution in [0.15, 0.2) is 0 Å². The molecule has 6 heteroatoms. The summed E-state index contributed by atoms with van der Waals surface area (Å²) in [6.07, 6.45) is 7.26. The molecule has 2 aliphatic heterocycles. The van der Waals surface area contributed by atoms with Crippen LogP contribution in [0.4, 0.5) is 4.79 Å². The number of terminal acetylenes is 1. The van der Waals surface area contributed by atoms with E-state index >= 15 is 0 Å². The molecule has 2 fully saturated rings. The Balaban J connectivity index is 1.99. The van der Waals surface area contributed by atoms with Gasteiger partial charge in [0.15, 0.2) is 0 Å². The Morgan fingerprint density at radius 1 is 1.39 bits per heavy atom. The highest BCUT2D eigenvalue weighted by Gasteiger charge is 2.37. The molecule has 2 heterocycles. The van der Waals surface area contributed by atoms with E-state index in [1.807, 2.05) is 0 Å². The molecule has 0 spiro atoms. The van der Waals surface area contributed by atoms with Crippen LogP contribution >= 0.6 is 0 Å². The van der Waals surface area contributed by atoms with E-state index in [0.29, 0.717) is 13.1 Å². The number of urea groups is 1. The molecule has 2 aliphatic rings. The molecule has 2 rings (SSSR count). The van der Waals surface area contributed by atoms with Crippen LogP contribution in [0.5, 0.6) is 0 Å². The molecular formula is C12H16N2O4. The number of carbonyl (C=O) groups is 2. The van der Waals surface area contributed by atoms with E-state index < -0.39 is 5.97 Å². The molecule has 2 bridgehead atoms. The molecule has 2 saturated heterocycles. The standard InChI is InChI=1S/C12H16N2O4/c1-2-5-13(8-11(15)16)12(17)14-6-9-3-4-10(7-14)18-9/h1,9-10H,3-8H2,(H,15,16). The zero-order valence-electron chi connectivity index (χ0n) is 10.0. The molecular weight excluding hydrogens is 236 g/mol. The zero-order chi connectivity index (χ0) is 13.1. The number of hydrogen-bond donors (Lipinski definition) is 1. The topological polar surface area (TPSA) is 70.1 Å². The van der Waals surface area contributed by atoms with Crippen LogP contribution in [0.2, 0.25) is 0 Å². The van der Waals surface area contributed by atoms with Crippen molar-refractivity contribution < 1.29 is 19.4 Å². The second kappa shape index (κ2) is 5.27. The number of carbonyl (C=O) groups excluding carboxylic acids is 1. The molecule has 0 aliphatic carbocycles. The maximum Gasteiger partial charge on any atom is 0.323 e. The van der Waals surface area contributed by atoms with Crippen LogP contribution in [-0.4, -0.2) is 65.3 Å². The maximum absolute atomic E-state index is 12.2. The van der Waals surface area contributed by atoms with E-state index in [2.05, 4.69) is 5.92 Å². The number of carboxylic acid groups (broad SMARTS) is 1. The van der Waals surface area contributed by atoms with Gasteiger partial charge in [-0.1, -0.05) is 5.92 Å². The summed E-state index contributed by atoms with van der Waals surface area (Å²) < 4.78 is 5.63. The second-order valence-electron chi connectivity index (χ2n) is 4.60. The number of nitrogens with zero attached hydrogens (tertiary/aromatic N) is 2. The van der Waals surface area contributed by atoms with Crippen molar-refractivity contribution in [2.45, 2.75) is 25.0 Å². The van der Waals surface area contributed by atoms with E-state index in [-0.39, 0.29) is 31.3 Å². The number of rotatable bonds is 3. The van der Waals surface area contributed by atoms with Crippen LogP contribution in [0.25, 0.3) is 0 Å². The molecule has 0 radical (unpaired) electrons. The molecule has 0 aromatic rings. The summed E-state index contributed by atoms with van der Waals surface area (Å²) in [5.41, 5.74) is 0. The average molecular weight is 252 g/mol. The largest absolute Gasteiger partial charge is 0.480 e. The zero-order valence-corrected chi connectivity index (χ0v) is 10.0. The minimum atomic E-state index is -1.06. The van der Waals surface area contributed by atoms with E-state index in [1.165, 1.54) is 4.90 Å². The fraction of sp³-hybridized carbons (Fsp3) is 0.667. The fourth-order valence-corrected chi connectivity index (χ4v) is 2.44. The predicted molar refractivity (Wildman–Crippen MR) is 62.9 cm³/mol. The maximum atomic E-state index is 12.2. The number of aliphatic carboxylic acids is 1. The van der Waals surface area contributed by atoms with Crippen LogP contribution in [0.3, 0.4) is 0 Å². The fourth-order valence-electron chi connectivity index (χ4n) is 2.44. The Morgan fingerprint density at radius 3 is 2.50 bits per heavy atom. The Morgan fingerprint density at radius 2 is 2.00 bits per heavy atom. The molecule has 98 valence electrons. The quantitative estimate of drug-likeness (QED) is 0.717. The number of carboxylic acids is 1. The minimum Gasteiger partial charge on any atom is -0.480 e. The molecule has 2 amide bonds. The smallest absolute Gasteiger partial charge is 0.323 e. The number of hydrogen-bond acceptors (Lipinski definition) is 3. The Hall–Kier alpha value is -1.74. The van der Waals surface area contributed by atoms with Gasteiger partial charge in [-0.2, -0.15) is 0 Å². The Bertz CT molecular complexity index is 378.